The van der Waals surface area contributed by atoms with Crippen LogP contribution in [0.1, 0.15) is 27.8 Å². The van der Waals surface area contributed by atoms with Crippen molar-refractivity contribution in [1.29, 1.82) is 0 Å². The Hall–Kier alpha value is -3.74. The Bertz CT molecular complexity index is 927. The first-order valence-corrected chi connectivity index (χ1v) is 8.40. The lowest BCUT2D eigenvalue weighted by Crippen LogP contribution is -2.17. The third-order valence-electron chi connectivity index (χ3n) is 3.61. The second-order valence-corrected chi connectivity index (χ2v) is 5.52. The van der Waals surface area contributed by atoms with Gasteiger partial charge < -0.3 is 15.4 Å². The topological polar surface area (TPSA) is 93.2 Å². The van der Waals surface area contributed by atoms with E-state index in [1.54, 1.807) is 43.3 Å². The number of rotatable bonds is 6. The van der Waals surface area contributed by atoms with Crippen LogP contribution in [-0.2, 0) is 4.74 Å². The van der Waals surface area contributed by atoms with Gasteiger partial charge in [-0.3, -0.25) is 4.79 Å². The van der Waals surface area contributed by atoms with E-state index in [-0.39, 0.29) is 17.9 Å². The summed E-state index contributed by atoms with van der Waals surface area (Å²) in [5.74, 6) is -0.447. The Morgan fingerprint density at radius 1 is 0.926 bits per heavy atom. The molecule has 2 aromatic carbocycles. The molecule has 1 heterocycles. The Morgan fingerprint density at radius 2 is 1.67 bits per heavy atom. The first-order valence-electron chi connectivity index (χ1n) is 8.40. The van der Waals surface area contributed by atoms with Crippen LogP contribution in [0.25, 0.3) is 0 Å². The number of aromatic nitrogens is 2. The summed E-state index contributed by atoms with van der Waals surface area (Å²) in [5.41, 5.74) is 1.64. The molecule has 0 spiro atoms. The molecule has 0 aliphatic heterocycles. The fraction of sp³-hybridized carbons (Fsp3) is 0.100. The van der Waals surface area contributed by atoms with Gasteiger partial charge in [-0.1, -0.05) is 30.3 Å². The van der Waals surface area contributed by atoms with Gasteiger partial charge in [0, 0.05) is 5.69 Å². The first kappa shape index (κ1) is 18.1. The lowest BCUT2D eigenvalue weighted by atomic mass is 10.1. The Labute approximate surface area is 156 Å². The van der Waals surface area contributed by atoms with Crippen molar-refractivity contribution in [3.05, 3.63) is 78.0 Å². The van der Waals surface area contributed by atoms with E-state index in [2.05, 4.69) is 20.8 Å². The molecule has 0 saturated heterocycles. The van der Waals surface area contributed by atoms with E-state index >= 15 is 0 Å². The molecule has 0 aliphatic carbocycles. The van der Waals surface area contributed by atoms with Crippen LogP contribution in [0, 0.1) is 0 Å². The van der Waals surface area contributed by atoms with Crippen molar-refractivity contribution < 1.29 is 14.3 Å². The molecule has 2 N–H and O–H groups in total. The number of carbonyl (C=O) groups is 2. The van der Waals surface area contributed by atoms with Crippen LogP contribution in [0.3, 0.4) is 0 Å². The van der Waals surface area contributed by atoms with Crippen molar-refractivity contribution in [3.8, 4) is 0 Å². The van der Waals surface area contributed by atoms with Crippen LogP contribution in [0.2, 0.25) is 0 Å². The van der Waals surface area contributed by atoms with Gasteiger partial charge in [-0.15, -0.1) is 10.2 Å². The maximum absolute atomic E-state index is 12.4. The molecule has 7 heteroatoms. The molecule has 136 valence electrons. The normalized spacial score (nSPS) is 10.1. The third kappa shape index (κ3) is 4.66. The molecule has 7 nitrogen and oxygen atoms in total. The zero-order chi connectivity index (χ0) is 19.1. The molecule has 0 saturated carbocycles. The highest BCUT2D eigenvalue weighted by atomic mass is 16.5. The summed E-state index contributed by atoms with van der Waals surface area (Å²) in [6.45, 7) is 1.97. The quantitative estimate of drug-likeness (QED) is 0.650. The molecule has 0 atom stereocenters. The van der Waals surface area contributed by atoms with Crippen LogP contribution < -0.4 is 10.6 Å². The highest BCUT2D eigenvalue weighted by Gasteiger charge is 2.15. The van der Waals surface area contributed by atoms with Crippen molar-refractivity contribution in [1.82, 2.24) is 10.2 Å². The van der Waals surface area contributed by atoms with Crippen LogP contribution in [0.4, 0.5) is 17.2 Å². The number of nitrogens with one attached hydrogen (secondary N) is 2. The van der Waals surface area contributed by atoms with E-state index in [0.717, 1.165) is 5.69 Å². The summed E-state index contributed by atoms with van der Waals surface area (Å²) in [7, 11) is 0. The minimum Gasteiger partial charge on any atom is -0.462 e. The van der Waals surface area contributed by atoms with E-state index in [1.165, 1.54) is 0 Å². The second-order valence-electron chi connectivity index (χ2n) is 5.52. The van der Waals surface area contributed by atoms with Crippen LogP contribution >= 0.6 is 0 Å². The molecule has 0 aliphatic rings. The lowest BCUT2D eigenvalue weighted by Gasteiger charge is -2.10. The summed E-state index contributed by atoms with van der Waals surface area (Å²) < 4.78 is 5.00. The summed E-state index contributed by atoms with van der Waals surface area (Å²) in [5, 5.41) is 13.7. The summed E-state index contributed by atoms with van der Waals surface area (Å²) in [6, 6.07) is 19.4. The molecule has 3 aromatic rings. The molecule has 0 fully saturated rings. The van der Waals surface area contributed by atoms with Gasteiger partial charge >= 0.3 is 5.97 Å². The molecular formula is C20H18N4O3. The minimum absolute atomic E-state index is 0.132. The van der Waals surface area contributed by atoms with Crippen molar-refractivity contribution in [2.45, 2.75) is 6.92 Å². The number of amides is 1. The van der Waals surface area contributed by atoms with Gasteiger partial charge in [-0.2, -0.15) is 0 Å². The highest BCUT2D eigenvalue weighted by Crippen LogP contribution is 2.18. The molecule has 1 aromatic heterocycles. The Morgan fingerprint density at radius 3 is 2.37 bits per heavy atom. The largest absolute Gasteiger partial charge is 0.462 e. The number of para-hydroxylation sites is 2. The summed E-state index contributed by atoms with van der Waals surface area (Å²) >= 11 is 0. The average Bonchev–Trinajstić information content (AvgIpc) is 2.70. The molecule has 0 radical (unpaired) electrons. The van der Waals surface area contributed by atoms with E-state index in [0.29, 0.717) is 11.5 Å². The SMILES string of the molecule is CCOC(=O)c1ccccc1NC(=O)c1ccc(Nc2ccccc2)nn1. The minimum atomic E-state index is -0.498. The van der Waals surface area contributed by atoms with Gasteiger partial charge in [0.2, 0.25) is 0 Å². The number of anilines is 3. The number of carbonyl (C=O) groups excluding carboxylic acids is 2. The van der Waals surface area contributed by atoms with E-state index in [4.69, 9.17) is 4.74 Å². The monoisotopic (exact) mass is 362 g/mol. The Balaban J connectivity index is 1.71. The van der Waals surface area contributed by atoms with Crippen molar-refractivity contribution in [2.24, 2.45) is 0 Å². The fourth-order valence-corrected chi connectivity index (χ4v) is 2.35. The second kappa shape index (κ2) is 8.57. The van der Waals surface area contributed by atoms with Crippen molar-refractivity contribution in [3.63, 3.8) is 0 Å². The standard InChI is InChI=1S/C20H18N4O3/c1-2-27-20(26)15-10-6-7-11-16(15)22-19(25)17-12-13-18(24-23-17)21-14-8-4-3-5-9-14/h3-13H,2H2,1H3,(H,21,24)(H,22,25). The average molecular weight is 362 g/mol. The van der Waals surface area contributed by atoms with E-state index in [1.807, 2.05) is 30.3 Å². The highest BCUT2D eigenvalue weighted by molar-refractivity contribution is 6.07. The molecule has 0 unspecified atom stereocenters. The number of ether oxygens (including phenoxy) is 1. The van der Waals surface area contributed by atoms with Gasteiger partial charge in [0.15, 0.2) is 11.5 Å². The summed E-state index contributed by atoms with van der Waals surface area (Å²) in [6.07, 6.45) is 0. The number of benzene rings is 2. The van der Waals surface area contributed by atoms with Gasteiger partial charge in [0.1, 0.15) is 0 Å². The predicted octanol–water partition coefficient (Wildman–Crippen LogP) is 3.65. The number of esters is 1. The van der Waals surface area contributed by atoms with Crippen LogP contribution in [0.5, 0.6) is 0 Å². The predicted molar refractivity (Wildman–Crippen MR) is 102 cm³/mol. The molecule has 0 bridgehead atoms. The Kier molecular flexibility index (Phi) is 5.73. The summed E-state index contributed by atoms with van der Waals surface area (Å²) in [4.78, 5) is 24.4. The lowest BCUT2D eigenvalue weighted by molar-refractivity contribution is 0.0527. The fourth-order valence-electron chi connectivity index (χ4n) is 2.35. The molecule has 1 amide bonds. The third-order valence-corrected chi connectivity index (χ3v) is 3.61. The maximum atomic E-state index is 12.4. The first-order chi connectivity index (χ1) is 13.2. The van der Waals surface area contributed by atoms with Crippen molar-refractivity contribution in [2.75, 3.05) is 17.2 Å². The van der Waals surface area contributed by atoms with Crippen LogP contribution in [0.15, 0.2) is 66.7 Å². The zero-order valence-corrected chi connectivity index (χ0v) is 14.7. The maximum Gasteiger partial charge on any atom is 0.340 e. The van der Waals surface area contributed by atoms with Gasteiger partial charge in [-0.05, 0) is 43.3 Å². The number of hydrogen-bond acceptors (Lipinski definition) is 6. The molecular weight excluding hydrogens is 344 g/mol. The van der Waals surface area contributed by atoms with Gasteiger partial charge in [-0.25, -0.2) is 4.79 Å². The molecule has 27 heavy (non-hydrogen) atoms. The van der Waals surface area contributed by atoms with E-state index < -0.39 is 11.9 Å². The molecule has 3 rings (SSSR count). The van der Waals surface area contributed by atoms with Crippen molar-refractivity contribution >= 4 is 29.1 Å². The van der Waals surface area contributed by atoms with Gasteiger partial charge in [0.25, 0.3) is 5.91 Å². The zero-order valence-electron chi connectivity index (χ0n) is 14.7. The smallest absolute Gasteiger partial charge is 0.340 e. The van der Waals surface area contributed by atoms with E-state index in [9.17, 15) is 9.59 Å². The number of hydrogen-bond donors (Lipinski definition) is 2. The van der Waals surface area contributed by atoms with Crippen LogP contribution in [-0.4, -0.2) is 28.7 Å². The number of nitrogens with zero attached hydrogens (tertiary/aromatic N) is 2. The van der Waals surface area contributed by atoms with Gasteiger partial charge in [0.05, 0.1) is 17.9 Å².